The van der Waals surface area contributed by atoms with E-state index in [1.165, 1.54) is 0 Å². The molecule has 0 spiro atoms. The second-order valence-electron chi connectivity index (χ2n) is 5.96. The molecule has 0 radical (unpaired) electrons. The summed E-state index contributed by atoms with van der Waals surface area (Å²) in [5.41, 5.74) is 0.348. The second kappa shape index (κ2) is 10.2. The molecule has 0 bridgehead atoms. The van der Waals surface area contributed by atoms with Crippen molar-refractivity contribution in [3.05, 3.63) is 23.8 Å². The average molecular weight is 337 g/mol. The number of carbonyl (C=O) groups is 1. The van der Waals surface area contributed by atoms with Crippen molar-refractivity contribution in [2.24, 2.45) is 5.41 Å². The second-order valence-corrected chi connectivity index (χ2v) is 5.96. The SMILES string of the molecule is CCCOc1ccc(CNCC(CC)(CC)C(=O)O)cc1OCC. The van der Waals surface area contributed by atoms with Crippen LogP contribution in [0.3, 0.4) is 0 Å². The van der Waals surface area contributed by atoms with Gasteiger partial charge in [-0.1, -0.05) is 26.8 Å². The monoisotopic (exact) mass is 337 g/mol. The number of aliphatic carboxylic acids is 1. The Morgan fingerprint density at radius 3 is 2.38 bits per heavy atom. The Balaban J connectivity index is 2.74. The van der Waals surface area contributed by atoms with Crippen LogP contribution < -0.4 is 14.8 Å². The Hall–Kier alpha value is -1.75. The maximum atomic E-state index is 11.5. The van der Waals surface area contributed by atoms with E-state index in [0.29, 0.717) is 39.1 Å². The van der Waals surface area contributed by atoms with Crippen molar-refractivity contribution in [1.82, 2.24) is 5.32 Å². The largest absolute Gasteiger partial charge is 0.490 e. The third-order valence-electron chi connectivity index (χ3n) is 4.37. The third kappa shape index (κ3) is 5.41. The molecule has 5 nitrogen and oxygen atoms in total. The molecule has 0 fully saturated rings. The summed E-state index contributed by atoms with van der Waals surface area (Å²) in [7, 11) is 0. The fourth-order valence-corrected chi connectivity index (χ4v) is 2.59. The van der Waals surface area contributed by atoms with Crippen LogP contribution >= 0.6 is 0 Å². The summed E-state index contributed by atoms with van der Waals surface area (Å²) in [5.74, 6) is 0.753. The van der Waals surface area contributed by atoms with Crippen molar-refractivity contribution in [3.8, 4) is 11.5 Å². The van der Waals surface area contributed by atoms with Crippen LogP contribution in [0.25, 0.3) is 0 Å². The van der Waals surface area contributed by atoms with Gasteiger partial charge in [-0.3, -0.25) is 4.79 Å². The predicted molar refractivity (Wildman–Crippen MR) is 95.8 cm³/mol. The molecule has 24 heavy (non-hydrogen) atoms. The van der Waals surface area contributed by atoms with Gasteiger partial charge in [0, 0.05) is 13.1 Å². The van der Waals surface area contributed by atoms with E-state index in [9.17, 15) is 9.90 Å². The molecule has 0 aliphatic rings. The summed E-state index contributed by atoms with van der Waals surface area (Å²) in [4.78, 5) is 11.5. The van der Waals surface area contributed by atoms with Gasteiger partial charge >= 0.3 is 5.97 Å². The summed E-state index contributed by atoms with van der Waals surface area (Å²) >= 11 is 0. The van der Waals surface area contributed by atoms with Crippen LogP contribution in [-0.2, 0) is 11.3 Å². The van der Waals surface area contributed by atoms with Gasteiger partial charge in [0.1, 0.15) is 0 Å². The van der Waals surface area contributed by atoms with Crippen molar-refractivity contribution >= 4 is 5.97 Å². The van der Waals surface area contributed by atoms with Crippen LogP contribution in [0.5, 0.6) is 11.5 Å². The number of hydrogen-bond donors (Lipinski definition) is 2. The smallest absolute Gasteiger partial charge is 0.310 e. The minimum absolute atomic E-state index is 0.452. The Bertz CT molecular complexity index is 512. The Morgan fingerprint density at radius 2 is 1.83 bits per heavy atom. The van der Waals surface area contributed by atoms with Gasteiger partial charge in [-0.15, -0.1) is 0 Å². The molecule has 5 heteroatoms. The molecule has 1 rings (SSSR count). The minimum Gasteiger partial charge on any atom is -0.490 e. The first-order chi connectivity index (χ1) is 11.5. The van der Waals surface area contributed by atoms with Gasteiger partial charge in [-0.25, -0.2) is 0 Å². The van der Waals surface area contributed by atoms with E-state index in [2.05, 4.69) is 12.2 Å². The van der Waals surface area contributed by atoms with E-state index in [1.807, 2.05) is 39.0 Å². The highest BCUT2D eigenvalue weighted by molar-refractivity contribution is 5.74. The molecule has 0 saturated carbocycles. The number of carboxylic acid groups (broad SMARTS) is 1. The normalized spacial score (nSPS) is 11.3. The fourth-order valence-electron chi connectivity index (χ4n) is 2.59. The fraction of sp³-hybridized carbons (Fsp3) is 0.632. The zero-order valence-electron chi connectivity index (χ0n) is 15.4. The molecular formula is C19H31NO4. The van der Waals surface area contributed by atoms with Gasteiger partial charge in [0.25, 0.3) is 0 Å². The van der Waals surface area contributed by atoms with Crippen LogP contribution in [0.4, 0.5) is 0 Å². The molecular weight excluding hydrogens is 306 g/mol. The van der Waals surface area contributed by atoms with Crippen molar-refractivity contribution in [3.63, 3.8) is 0 Å². The maximum absolute atomic E-state index is 11.5. The Labute approximate surface area is 145 Å². The van der Waals surface area contributed by atoms with E-state index < -0.39 is 11.4 Å². The molecule has 1 aromatic carbocycles. The van der Waals surface area contributed by atoms with Crippen LogP contribution in [0.1, 0.15) is 52.5 Å². The standard InChI is InChI=1S/C19H31NO4/c1-5-11-24-16-10-9-15(12-17(16)23-8-4)13-20-14-19(6-2,7-3)18(21)22/h9-10,12,20H,5-8,11,13-14H2,1-4H3,(H,21,22). The lowest BCUT2D eigenvalue weighted by molar-refractivity contribution is -0.149. The summed E-state index contributed by atoms with van der Waals surface area (Å²) < 4.78 is 11.4. The molecule has 0 atom stereocenters. The Kier molecular flexibility index (Phi) is 8.61. The lowest BCUT2D eigenvalue weighted by atomic mass is 9.82. The molecule has 0 unspecified atom stereocenters. The summed E-state index contributed by atoms with van der Waals surface area (Å²) in [5, 5.41) is 12.8. The third-order valence-corrected chi connectivity index (χ3v) is 4.37. The zero-order valence-corrected chi connectivity index (χ0v) is 15.4. The lowest BCUT2D eigenvalue weighted by Crippen LogP contribution is -2.40. The number of benzene rings is 1. The first kappa shape index (κ1) is 20.3. The highest BCUT2D eigenvalue weighted by Crippen LogP contribution is 2.29. The zero-order chi connectivity index (χ0) is 18.0. The van der Waals surface area contributed by atoms with E-state index >= 15 is 0 Å². The van der Waals surface area contributed by atoms with Gasteiger partial charge in [0.15, 0.2) is 11.5 Å². The number of rotatable bonds is 12. The molecule has 0 aliphatic heterocycles. The predicted octanol–water partition coefficient (Wildman–Crippen LogP) is 3.85. The van der Waals surface area contributed by atoms with E-state index in [1.54, 1.807) is 0 Å². The number of hydrogen-bond acceptors (Lipinski definition) is 4. The minimum atomic E-state index is -0.738. The summed E-state index contributed by atoms with van der Waals surface area (Å²) in [6.45, 7) is 10.1. The van der Waals surface area contributed by atoms with Crippen molar-refractivity contribution in [2.45, 2.75) is 53.5 Å². The van der Waals surface area contributed by atoms with E-state index in [0.717, 1.165) is 23.5 Å². The molecule has 0 saturated heterocycles. The average Bonchev–Trinajstić information content (AvgIpc) is 2.58. The first-order valence-corrected chi connectivity index (χ1v) is 8.85. The van der Waals surface area contributed by atoms with Crippen molar-refractivity contribution in [2.75, 3.05) is 19.8 Å². The number of nitrogens with one attached hydrogen (secondary N) is 1. The van der Waals surface area contributed by atoms with E-state index in [4.69, 9.17) is 9.47 Å². The van der Waals surface area contributed by atoms with Gasteiger partial charge in [0.2, 0.25) is 0 Å². The van der Waals surface area contributed by atoms with Gasteiger partial charge in [0.05, 0.1) is 18.6 Å². The van der Waals surface area contributed by atoms with Gasteiger partial charge in [-0.2, -0.15) is 0 Å². The number of carboxylic acids is 1. The number of ether oxygens (including phenoxy) is 2. The molecule has 0 heterocycles. The van der Waals surface area contributed by atoms with Crippen LogP contribution in [0.15, 0.2) is 18.2 Å². The molecule has 0 aliphatic carbocycles. The lowest BCUT2D eigenvalue weighted by Gasteiger charge is -2.27. The van der Waals surface area contributed by atoms with Crippen LogP contribution in [0.2, 0.25) is 0 Å². The van der Waals surface area contributed by atoms with Crippen LogP contribution in [0, 0.1) is 5.41 Å². The molecule has 0 amide bonds. The van der Waals surface area contributed by atoms with Gasteiger partial charge < -0.3 is 19.9 Å². The Morgan fingerprint density at radius 1 is 1.12 bits per heavy atom. The maximum Gasteiger partial charge on any atom is 0.310 e. The molecule has 2 N–H and O–H groups in total. The molecule has 136 valence electrons. The van der Waals surface area contributed by atoms with Crippen molar-refractivity contribution in [1.29, 1.82) is 0 Å². The van der Waals surface area contributed by atoms with Gasteiger partial charge in [-0.05, 0) is 43.9 Å². The summed E-state index contributed by atoms with van der Waals surface area (Å²) in [6, 6.07) is 5.87. The molecule has 0 aromatic heterocycles. The quantitative estimate of drug-likeness (QED) is 0.606. The highest BCUT2D eigenvalue weighted by Gasteiger charge is 2.34. The van der Waals surface area contributed by atoms with Crippen LogP contribution in [-0.4, -0.2) is 30.8 Å². The highest BCUT2D eigenvalue weighted by atomic mass is 16.5. The summed E-state index contributed by atoms with van der Waals surface area (Å²) in [6.07, 6.45) is 2.17. The van der Waals surface area contributed by atoms with Crippen molar-refractivity contribution < 1.29 is 19.4 Å². The topological polar surface area (TPSA) is 67.8 Å². The van der Waals surface area contributed by atoms with E-state index in [-0.39, 0.29) is 0 Å². The molecule has 1 aromatic rings. The first-order valence-electron chi connectivity index (χ1n) is 8.85.